The van der Waals surface area contributed by atoms with Crippen LogP contribution in [0.5, 0.6) is 5.88 Å². The second kappa shape index (κ2) is 6.30. The van der Waals surface area contributed by atoms with Crippen LogP contribution in [0.4, 0.5) is 24.5 Å². The summed E-state index contributed by atoms with van der Waals surface area (Å²) < 4.78 is 45.8. The Morgan fingerprint density at radius 1 is 1.32 bits per heavy atom. The molecule has 0 aliphatic carbocycles. The van der Waals surface area contributed by atoms with Crippen molar-refractivity contribution in [1.82, 2.24) is 9.78 Å². The van der Waals surface area contributed by atoms with E-state index in [-0.39, 0.29) is 11.4 Å². The fourth-order valence-electron chi connectivity index (χ4n) is 2.57. The number of benzene rings is 1. The number of aromatic nitrogens is 2. The maximum absolute atomic E-state index is 13.0. The van der Waals surface area contributed by atoms with Crippen LogP contribution in [0.15, 0.2) is 24.3 Å². The van der Waals surface area contributed by atoms with Crippen molar-refractivity contribution in [3.05, 3.63) is 35.5 Å². The van der Waals surface area contributed by atoms with Crippen LogP contribution in [-0.2, 0) is 12.7 Å². The second-order valence-electron chi connectivity index (χ2n) is 5.87. The molecule has 1 N–H and O–H groups in total. The van der Waals surface area contributed by atoms with Gasteiger partial charge in [0.1, 0.15) is 0 Å². The van der Waals surface area contributed by atoms with Crippen LogP contribution < -0.4 is 15.0 Å². The summed E-state index contributed by atoms with van der Waals surface area (Å²) in [5, 5.41) is 6.65. The van der Waals surface area contributed by atoms with E-state index in [4.69, 9.17) is 4.74 Å². The van der Waals surface area contributed by atoms with Gasteiger partial charge in [0.25, 0.3) is 5.91 Å². The van der Waals surface area contributed by atoms with E-state index in [1.807, 2.05) is 0 Å². The Morgan fingerprint density at radius 2 is 2.08 bits per heavy atom. The van der Waals surface area contributed by atoms with Crippen molar-refractivity contribution in [2.24, 2.45) is 0 Å². The molecule has 25 heavy (non-hydrogen) atoms. The number of fused-ring (bicyclic) bond motifs is 1. The standard InChI is InChI=1S/C16H17F3N4O2/c1-22(2)13-5-4-10(16(17,18)19)8-11(13)20-15(24)12-9-14-23(21-12)6-3-7-25-14/h4-5,8-9H,3,6-7H2,1-2H3,(H,20,24). The van der Waals surface area contributed by atoms with E-state index >= 15 is 0 Å². The first kappa shape index (κ1) is 17.1. The maximum atomic E-state index is 13.0. The van der Waals surface area contributed by atoms with E-state index in [9.17, 15) is 18.0 Å². The summed E-state index contributed by atoms with van der Waals surface area (Å²) in [5.41, 5.74) is -0.210. The number of ether oxygens (including phenoxy) is 1. The molecule has 2 heterocycles. The summed E-state index contributed by atoms with van der Waals surface area (Å²) in [6.07, 6.45) is -3.71. The number of hydrogen-bond donors (Lipinski definition) is 1. The average molecular weight is 354 g/mol. The molecule has 0 spiro atoms. The molecule has 1 aliphatic heterocycles. The second-order valence-corrected chi connectivity index (χ2v) is 5.87. The molecule has 0 unspecified atom stereocenters. The van der Waals surface area contributed by atoms with Crippen molar-refractivity contribution in [2.75, 3.05) is 30.9 Å². The van der Waals surface area contributed by atoms with Gasteiger partial charge >= 0.3 is 6.18 Å². The fraction of sp³-hybridized carbons (Fsp3) is 0.375. The Kier molecular flexibility index (Phi) is 4.32. The zero-order valence-corrected chi connectivity index (χ0v) is 13.7. The average Bonchev–Trinajstić information content (AvgIpc) is 2.98. The first-order chi connectivity index (χ1) is 11.8. The zero-order chi connectivity index (χ0) is 18.2. The number of carbonyl (C=O) groups excluding carboxylic acids is 1. The lowest BCUT2D eigenvalue weighted by atomic mass is 10.1. The van der Waals surface area contributed by atoms with Crippen molar-refractivity contribution in [2.45, 2.75) is 19.1 Å². The first-order valence-electron chi connectivity index (χ1n) is 7.66. The van der Waals surface area contributed by atoms with E-state index in [1.54, 1.807) is 23.7 Å². The molecule has 1 aromatic carbocycles. The van der Waals surface area contributed by atoms with Gasteiger partial charge in [0.2, 0.25) is 5.88 Å². The number of nitrogens with zero attached hydrogens (tertiary/aromatic N) is 3. The predicted molar refractivity (Wildman–Crippen MR) is 86.1 cm³/mol. The van der Waals surface area contributed by atoms with Gasteiger partial charge in [-0.1, -0.05) is 0 Å². The van der Waals surface area contributed by atoms with Crippen molar-refractivity contribution < 1.29 is 22.7 Å². The van der Waals surface area contributed by atoms with Crippen LogP contribution in [0, 0.1) is 0 Å². The van der Waals surface area contributed by atoms with Crippen LogP contribution in [0.2, 0.25) is 0 Å². The third-order valence-electron chi connectivity index (χ3n) is 3.79. The Morgan fingerprint density at radius 3 is 2.72 bits per heavy atom. The van der Waals surface area contributed by atoms with E-state index in [0.29, 0.717) is 24.7 Å². The molecule has 134 valence electrons. The predicted octanol–water partition coefficient (Wildman–Crippen LogP) is 3.00. The van der Waals surface area contributed by atoms with Gasteiger partial charge < -0.3 is 15.0 Å². The number of hydrogen-bond acceptors (Lipinski definition) is 4. The first-order valence-corrected chi connectivity index (χ1v) is 7.66. The molecule has 2 aromatic rings. The van der Waals surface area contributed by atoms with Crippen LogP contribution in [0.3, 0.4) is 0 Å². The van der Waals surface area contributed by atoms with Crippen molar-refractivity contribution in [3.8, 4) is 5.88 Å². The maximum Gasteiger partial charge on any atom is 0.416 e. The van der Waals surface area contributed by atoms with Crippen molar-refractivity contribution >= 4 is 17.3 Å². The molecule has 0 saturated carbocycles. The summed E-state index contributed by atoms with van der Waals surface area (Å²) in [4.78, 5) is 14.0. The molecule has 9 heteroatoms. The summed E-state index contributed by atoms with van der Waals surface area (Å²) in [7, 11) is 3.36. The Labute approximate surface area is 142 Å². The van der Waals surface area contributed by atoms with E-state index < -0.39 is 17.6 Å². The molecule has 1 aromatic heterocycles. The lowest BCUT2D eigenvalue weighted by molar-refractivity contribution is -0.137. The third kappa shape index (κ3) is 3.54. The number of carbonyl (C=O) groups is 1. The molecule has 6 nitrogen and oxygen atoms in total. The van der Waals surface area contributed by atoms with Gasteiger partial charge in [0.15, 0.2) is 5.69 Å². The van der Waals surface area contributed by atoms with Gasteiger partial charge in [-0.05, 0) is 18.2 Å². The number of alkyl halides is 3. The van der Waals surface area contributed by atoms with E-state index in [0.717, 1.165) is 18.6 Å². The lowest BCUT2D eigenvalue weighted by Gasteiger charge is -2.19. The Hall–Kier alpha value is -2.71. The summed E-state index contributed by atoms with van der Waals surface area (Å²) >= 11 is 0. The van der Waals surface area contributed by atoms with Crippen LogP contribution in [0.25, 0.3) is 0 Å². The normalized spacial score (nSPS) is 13.8. The molecule has 0 saturated heterocycles. The van der Waals surface area contributed by atoms with Crippen LogP contribution in [0.1, 0.15) is 22.5 Å². The molecule has 3 rings (SSSR count). The molecule has 0 atom stereocenters. The van der Waals surface area contributed by atoms with Gasteiger partial charge in [-0.2, -0.15) is 18.3 Å². The van der Waals surface area contributed by atoms with Crippen molar-refractivity contribution in [1.29, 1.82) is 0 Å². The van der Waals surface area contributed by atoms with Gasteiger partial charge in [-0.3, -0.25) is 4.79 Å². The highest BCUT2D eigenvalue weighted by Crippen LogP contribution is 2.35. The molecular formula is C16H17F3N4O2. The Balaban J connectivity index is 1.90. The minimum Gasteiger partial charge on any atom is -0.478 e. The van der Waals surface area contributed by atoms with E-state index in [2.05, 4.69) is 10.4 Å². The Bertz CT molecular complexity index is 776. The van der Waals surface area contributed by atoms with Gasteiger partial charge in [-0.25, -0.2) is 4.68 Å². The number of nitrogens with one attached hydrogen (secondary N) is 1. The van der Waals surface area contributed by atoms with Crippen molar-refractivity contribution in [3.63, 3.8) is 0 Å². The highest BCUT2D eigenvalue weighted by molar-refractivity contribution is 6.05. The number of halogens is 3. The summed E-state index contributed by atoms with van der Waals surface area (Å²) in [6, 6.07) is 4.70. The van der Waals surface area contributed by atoms with Gasteiger partial charge in [0.05, 0.1) is 23.5 Å². The highest BCUT2D eigenvalue weighted by atomic mass is 19.4. The number of amides is 1. The third-order valence-corrected chi connectivity index (χ3v) is 3.79. The molecular weight excluding hydrogens is 337 g/mol. The number of anilines is 2. The monoisotopic (exact) mass is 354 g/mol. The molecule has 1 aliphatic rings. The summed E-state index contributed by atoms with van der Waals surface area (Å²) in [6.45, 7) is 1.18. The number of aryl methyl sites for hydroxylation is 1. The van der Waals surface area contributed by atoms with Gasteiger partial charge in [-0.15, -0.1) is 0 Å². The van der Waals surface area contributed by atoms with Crippen LogP contribution >= 0.6 is 0 Å². The largest absolute Gasteiger partial charge is 0.478 e. The highest BCUT2D eigenvalue weighted by Gasteiger charge is 2.31. The molecule has 0 radical (unpaired) electrons. The summed E-state index contributed by atoms with van der Waals surface area (Å²) in [5.74, 6) is -0.110. The number of rotatable bonds is 3. The molecule has 0 bridgehead atoms. The minimum absolute atomic E-state index is 0.0664. The van der Waals surface area contributed by atoms with Crippen LogP contribution in [-0.4, -0.2) is 36.4 Å². The molecule has 1 amide bonds. The topological polar surface area (TPSA) is 59.4 Å². The minimum atomic E-state index is -4.49. The fourth-order valence-corrected chi connectivity index (χ4v) is 2.57. The quantitative estimate of drug-likeness (QED) is 0.921. The SMILES string of the molecule is CN(C)c1ccc(C(F)(F)F)cc1NC(=O)c1cc2n(n1)CCCO2. The molecule has 0 fully saturated rings. The zero-order valence-electron chi connectivity index (χ0n) is 13.7. The van der Waals surface area contributed by atoms with Gasteiger partial charge in [0, 0.05) is 33.1 Å². The smallest absolute Gasteiger partial charge is 0.416 e. The van der Waals surface area contributed by atoms with E-state index in [1.165, 1.54) is 12.1 Å². The lowest BCUT2D eigenvalue weighted by Crippen LogP contribution is -2.19.